The molecule has 1 rings (SSSR count). The summed E-state index contributed by atoms with van der Waals surface area (Å²) >= 11 is 0. The summed E-state index contributed by atoms with van der Waals surface area (Å²) in [5.41, 5.74) is 4.92. The van der Waals surface area contributed by atoms with E-state index in [1.807, 2.05) is 19.1 Å². The third-order valence-electron chi connectivity index (χ3n) is 2.20. The van der Waals surface area contributed by atoms with Gasteiger partial charge in [0.2, 0.25) is 0 Å². The summed E-state index contributed by atoms with van der Waals surface area (Å²) in [6.07, 6.45) is 6.17. The zero-order chi connectivity index (χ0) is 11.3. The number of hydrogen-bond acceptors (Lipinski definition) is 0. The highest BCUT2D eigenvalue weighted by Gasteiger charge is 1.93. The number of aryl methyl sites for hydroxylation is 1. The highest BCUT2D eigenvalue weighted by atomic mass is 14.0. The van der Waals surface area contributed by atoms with Gasteiger partial charge in [0.05, 0.1) is 0 Å². The summed E-state index contributed by atoms with van der Waals surface area (Å²) in [5.74, 6) is 0. The van der Waals surface area contributed by atoms with E-state index in [-0.39, 0.29) is 0 Å². The minimum atomic E-state index is 1.07. The molecule has 0 aromatic heterocycles. The van der Waals surface area contributed by atoms with Gasteiger partial charge in [-0.15, -0.1) is 0 Å². The Balaban J connectivity index is 2.84. The quantitative estimate of drug-likeness (QED) is 0.626. The Morgan fingerprint density at radius 2 is 2.00 bits per heavy atom. The van der Waals surface area contributed by atoms with Gasteiger partial charge in [-0.3, -0.25) is 0 Å². The van der Waals surface area contributed by atoms with Gasteiger partial charge in [0.25, 0.3) is 0 Å². The largest absolute Gasteiger partial charge is 0.0961 e. The Morgan fingerprint density at radius 3 is 2.60 bits per heavy atom. The minimum Gasteiger partial charge on any atom is -0.0961 e. The van der Waals surface area contributed by atoms with Gasteiger partial charge < -0.3 is 0 Å². The number of benzene rings is 1. The molecule has 15 heavy (non-hydrogen) atoms. The lowest BCUT2D eigenvalue weighted by molar-refractivity contribution is 1.44. The fraction of sp³-hybridized carbons (Fsp3) is 0.200. The van der Waals surface area contributed by atoms with Crippen molar-refractivity contribution in [2.24, 2.45) is 0 Å². The summed E-state index contributed by atoms with van der Waals surface area (Å²) < 4.78 is 0. The molecule has 0 nitrogen and oxygen atoms in total. The first-order valence-electron chi connectivity index (χ1n) is 5.17. The van der Waals surface area contributed by atoms with Crippen molar-refractivity contribution in [3.63, 3.8) is 0 Å². The van der Waals surface area contributed by atoms with Gasteiger partial charge >= 0.3 is 0 Å². The summed E-state index contributed by atoms with van der Waals surface area (Å²) in [6, 6.07) is 8.53. The first-order valence-corrected chi connectivity index (χ1v) is 5.17. The summed E-state index contributed by atoms with van der Waals surface area (Å²) in [6.45, 7) is 10.0. The molecule has 0 saturated heterocycles. The fourth-order valence-corrected chi connectivity index (χ4v) is 1.34. The van der Waals surface area contributed by atoms with Crippen LogP contribution in [0.3, 0.4) is 0 Å². The molecular weight excluding hydrogens is 180 g/mol. The van der Waals surface area contributed by atoms with Crippen molar-refractivity contribution in [3.8, 4) is 0 Å². The smallest absolute Gasteiger partial charge is 0.0225 e. The molecule has 0 N–H and O–H groups in total. The molecule has 0 heterocycles. The van der Waals surface area contributed by atoms with Crippen molar-refractivity contribution in [3.05, 3.63) is 65.8 Å². The monoisotopic (exact) mass is 198 g/mol. The van der Waals surface area contributed by atoms with Gasteiger partial charge in [0.1, 0.15) is 0 Å². The van der Waals surface area contributed by atoms with E-state index >= 15 is 0 Å². The molecule has 1 aromatic rings. The lowest BCUT2D eigenvalue weighted by atomic mass is 10.0. The molecule has 0 bridgehead atoms. The van der Waals surface area contributed by atoms with Crippen LogP contribution in [0.25, 0.3) is 5.57 Å². The van der Waals surface area contributed by atoms with Gasteiger partial charge in [-0.05, 0) is 31.9 Å². The van der Waals surface area contributed by atoms with Crippen LogP contribution in [-0.4, -0.2) is 0 Å². The van der Waals surface area contributed by atoms with Gasteiger partial charge in [0.15, 0.2) is 0 Å². The Hall–Kier alpha value is -1.56. The maximum Gasteiger partial charge on any atom is -0.0225 e. The zero-order valence-corrected chi connectivity index (χ0v) is 9.75. The Labute approximate surface area is 92.6 Å². The predicted molar refractivity (Wildman–Crippen MR) is 68.8 cm³/mol. The van der Waals surface area contributed by atoms with Crippen molar-refractivity contribution < 1.29 is 0 Å². The van der Waals surface area contributed by atoms with E-state index in [4.69, 9.17) is 0 Å². The van der Waals surface area contributed by atoms with Gasteiger partial charge in [-0.1, -0.05) is 60.2 Å². The minimum absolute atomic E-state index is 1.07. The van der Waals surface area contributed by atoms with Crippen LogP contribution in [0.2, 0.25) is 0 Å². The predicted octanol–water partition coefficient (Wildman–Crippen LogP) is 4.53. The van der Waals surface area contributed by atoms with Gasteiger partial charge in [-0.25, -0.2) is 0 Å². The van der Waals surface area contributed by atoms with E-state index in [1.165, 1.54) is 16.7 Å². The molecule has 0 atom stereocenters. The van der Waals surface area contributed by atoms with Crippen molar-refractivity contribution in [1.82, 2.24) is 0 Å². The maximum absolute atomic E-state index is 3.82. The lowest BCUT2D eigenvalue weighted by Crippen LogP contribution is -1.80. The first-order chi connectivity index (χ1) is 7.09. The van der Waals surface area contributed by atoms with Crippen LogP contribution < -0.4 is 0 Å². The van der Waals surface area contributed by atoms with E-state index < -0.39 is 0 Å². The second-order valence-corrected chi connectivity index (χ2v) is 3.92. The van der Waals surface area contributed by atoms with Crippen LogP contribution in [0, 0.1) is 6.92 Å². The van der Waals surface area contributed by atoms with Crippen LogP contribution in [0.15, 0.2) is 54.6 Å². The Kier molecular flexibility index (Phi) is 4.11. The van der Waals surface area contributed by atoms with E-state index in [2.05, 4.69) is 50.8 Å². The molecule has 0 heteroatoms. The molecule has 0 aliphatic heterocycles. The summed E-state index contributed by atoms with van der Waals surface area (Å²) in [5, 5.41) is 0. The molecule has 0 amide bonds. The Morgan fingerprint density at radius 1 is 1.27 bits per heavy atom. The van der Waals surface area contributed by atoms with Crippen molar-refractivity contribution in [2.45, 2.75) is 20.8 Å². The molecular formula is C15H18. The van der Waals surface area contributed by atoms with E-state index in [9.17, 15) is 0 Å². The topological polar surface area (TPSA) is 0 Å². The lowest BCUT2D eigenvalue weighted by Gasteiger charge is -2.01. The third kappa shape index (κ3) is 3.99. The molecule has 0 spiro atoms. The van der Waals surface area contributed by atoms with Crippen LogP contribution in [0.5, 0.6) is 0 Å². The van der Waals surface area contributed by atoms with Crippen LogP contribution in [0.4, 0.5) is 0 Å². The number of allylic oxidation sites excluding steroid dienone is 5. The SMILES string of the molecule is C=C(C)/C=C\C=C(/C)c1cccc(C)c1. The van der Waals surface area contributed by atoms with Gasteiger partial charge in [0, 0.05) is 0 Å². The van der Waals surface area contributed by atoms with Crippen molar-refractivity contribution in [1.29, 1.82) is 0 Å². The maximum atomic E-state index is 3.82. The standard InChI is InChI=1S/C15H18/c1-12(2)7-5-9-14(4)15-10-6-8-13(3)11-15/h5-11H,1H2,2-4H3/b7-5-,14-9+. The molecule has 0 aliphatic rings. The molecule has 0 fully saturated rings. The molecule has 0 aliphatic carbocycles. The molecule has 78 valence electrons. The van der Waals surface area contributed by atoms with E-state index in [0.29, 0.717) is 0 Å². The first kappa shape index (κ1) is 11.5. The van der Waals surface area contributed by atoms with Crippen LogP contribution >= 0.6 is 0 Å². The average Bonchev–Trinajstić information content (AvgIpc) is 2.17. The van der Waals surface area contributed by atoms with E-state index in [1.54, 1.807) is 0 Å². The number of rotatable bonds is 3. The molecule has 0 unspecified atom stereocenters. The van der Waals surface area contributed by atoms with Crippen LogP contribution in [-0.2, 0) is 0 Å². The third-order valence-corrected chi connectivity index (χ3v) is 2.20. The van der Waals surface area contributed by atoms with Crippen molar-refractivity contribution >= 4 is 5.57 Å². The Bertz CT molecular complexity index is 406. The second-order valence-electron chi connectivity index (χ2n) is 3.92. The highest BCUT2D eigenvalue weighted by molar-refractivity contribution is 5.65. The van der Waals surface area contributed by atoms with Crippen LogP contribution in [0.1, 0.15) is 25.0 Å². The molecule has 0 saturated carbocycles. The summed E-state index contributed by atoms with van der Waals surface area (Å²) in [4.78, 5) is 0. The fourth-order valence-electron chi connectivity index (χ4n) is 1.34. The van der Waals surface area contributed by atoms with Crippen molar-refractivity contribution in [2.75, 3.05) is 0 Å². The second kappa shape index (κ2) is 5.35. The average molecular weight is 198 g/mol. The normalized spacial score (nSPS) is 12.1. The molecule has 0 radical (unpaired) electrons. The number of hydrogen-bond donors (Lipinski definition) is 0. The van der Waals surface area contributed by atoms with Gasteiger partial charge in [-0.2, -0.15) is 0 Å². The summed E-state index contributed by atoms with van der Waals surface area (Å²) in [7, 11) is 0. The molecule has 1 aromatic carbocycles. The highest BCUT2D eigenvalue weighted by Crippen LogP contribution is 2.14. The zero-order valence-electron chi connectivity index (χ0n) is 9.75. The van der Waals surface area contributed by atoms with E-state index in [0.717, 1.165) is 5.57 Å².